The van der Waals surface area contributed by atoms with Crippen molar-refractivity contribution in [1.29, 1.82) is 0 Å². The van der Waals surface area contributed by atoms with Crippen LogP contribution < -0.4 is 16.3 Å². The molecule has 0 saturated heterocycles. The van der Waals surface area contributed by atoms with E-state index in [1.807, 2.05) is 12.1 Å². The zero-order valence-corrected chi connectivity index (χ0v) is 35.8. The van der Waals surface area contributed by atoms with Crippen LogP contribution in [-0.2, 0) is 71.3 Å². The third-order valence-electron chi connectivity index (χ3n) is 10.6. The molecule has 24 heteroatoms. The lowest BCUT2D eigenvalue weighted by Crippen LogP contribution is -2.66. The molecule has 2 atom stereocenters. The van der Waals surface area contributed by atoms with E-state index in [0.29, 0.717) is 23.4 Å². The first-order valence-electron chi connectivity index (χ1n) is 19.3. The number of aldehydes is 1. The van der Waals surface area contributed by atoms with Gasteiger partial charge in [0, 0.05) is 75.1 Å². The van der Waals surface area contributed by atoms with Gasteiger partial charge in [0.1, 0.15) is 5.01 Å². The van der Waals surface area contributed by atoms with Gasteiger partial charge in [-0.25, -0.2) is 26.7 Å². The van der Waals surface area contributed by atoms with Gasteiger partial charge >= 0.3 is 12.4 Å². The van der Waals surface area contributed by atoms with Crippen molar-refractivity contribution in [2.24, 2.45) is 0 Å². The molecule has 342 valence electrons. The van der Waals surface area contributed by atoms with Crippen LogP contribution in [0.15, 0.2) is 118 Å². The number of fused-ring (bicyclic) bond motifs is 1. The Bertz CT molecular complexity index is 2620. The summed E-state index contributed by atoms with van der Waals surface area (Å²) in [7, 11) is -8.74. The highest BCUT2D eigenvalue weighted by Gasteiger charge is 2.54. The van der Waals surface area contributed by atoms with Crippen molar-refractivity contribution >= 4 is 43.6 Å². The molecule has 2 unspecified atom stereocenters. The Labute approximate surface area is 367 Å². The molecule has 0 spiro atoms. The summed E-state index contributed by atoms with van der Waals surface area (Å²) < 4.78 is 136. The van der Waals surface area contributed by atoms with E-state index >= 15 is 0 Å². The molecular formula is C40H39F6N7O8S3. The number of thiazole rings is 1. The Kier molecular flexibility index (Phi) is 13.7. The maximum Gasteiger partial charge on any atom is 0.416 e. The number of alkyl halides is 6. The van der Waals surface area contributed by atoms with Gasteiger partial charge in [0.05, 0.1) is 27.5 Å². The van der Waals surface area contributed by atoms with Crippen molar-refractivity contribution < 1.29 is 62.4 Å². The van der Waals surface area contributed by atoms with E-state index in [4.69, 9.17) is 9.68 Å². The molecule has 3 N–H and O–H groups in total. The fraction of sp³-hybridized carbons (Fsp3) is 0.325. The molecule has 3 aliphatic rings. The minimum atomic E-state index is -4.77. The second-order valence-electron chi connectivity index (χ2n) is 14.7. The molecule has 15 nitrogen and oxygen atoms in total. The van der Waals surface area contributed by atoms with Gasteiger partial charge in [-0.3, -0.25) is 30.3 Å². The quantitative estimate of drug-likeness (QED) is 0.0773. The maximum absolute atomic E-state index is 14.3. The second-order valence-corrected chi connectivity index (χ2v) is 19.5. The number of carbonyl (C=O) groups excluding carboxylic acids is 2. The highest BCUT2D eigenvalue weighted by Crippen LogP contribution is 2.35. The summed E-state index contributed by atoms with van der Waals surface area (Å²) in [5, 5.41) is 4.92. The topological polar surface area (TPSA) is 180 Å². The number of hydroxylamine groups is 2. The van der Waals surface area contributed by atoms with Crippen LogP contribution in [0.2, 0.25) is 0 Å². The molecule has 4 aromatic rings. The van der Waals surface area contributed by atoms with Gasteiger partial charge < -0.3 is 5.32 Å². The Morgan fingerprint density at radius 2 is 1.31 bits per heavy atom. The number of benzene rings is 3. The van der Waals surface area contributed by atoms with E-state index in [0.717, 1.165) is 56.1 Å². The number of nitrogens with one attached hydrogen (secondary N) is 3. The summed E-state index contributed by atoms with van der Waals surface area (Å²) in [5.41, 5.74) is 2.98. The van der Waals surface area contributed by atoms with Gasteiger partial charge in [-0.1, -0.05) is 36.4 Å². The number of nitrogens with zero attached hydrogens (tertiary/aromatic N) is 4. The molecule has 7 rings (SSSR count). The molecule has 4 heterocycles. The van der Waals surface area contributed by atoms with E-state index in [1.165, 1.54) is 29.7 Å². The lowest BCUT2D eigenvalue weighted by molar-refractivity contribution is -0.241. The van der Waals surface area contributed by atoms with Gasteiger partial charge in [0.15, 0.2) is 6.29 Å². The third kappa shape index (κ3) is 10.2. The largest absolute Gasteiger partial charge is 0.416 e. The highest BCUT2D eigenvalue weighted by molar-refractivity contribution is 7.89. The predicted molar refractivity (Wildman–Crippen MR) is 216 cm³/mol. The molecule has 0 aliphatic carbocycles. The third-order valence-corrected chi connectivity index (χ3v) is 15.1. The van der Waals surface area contributed by atoms with Crippen LogP contribution in [0.4, 0.5) is 26.3 Å². The van der Waals surface area contributed by atoms with Crippen molar-refractivity contribution in [3.63, 3.8) is 0 Å². The van der Waals surface area contributed by atoms with E-state index in [-0.39, 0.29) is 70.0 Å². The number of aromatic nitrogens is 1. The Hall–Kier alpha value is -5.21. The number of amides is 1. The monoisotopic (exact) mass is 955 g/mol. The number of hydrogen-bond acceptors (Lipinski definition) is 13. The van der Waals surface area contributed by atoms with Gasteiger partial charge in [-0.15, -0.1) is 11.3 Å². The molecule has 0 saturated carbocycles. The van der Waals surface area contributed by atoms with Crippen molar-refractivity contribution in [3.05, 3.63) is 135 Å². The van der Waals surface area contributed by atoms with Gasteiger partial charge in [0.25, 0.3) is 5.91 Å². The highest BCUT2D eigenvalue weighted by atomic mass is 32.2. The predicted octanol–water partition coefficient (Wildman–Crippen LogP) is 5.08. The first kappa shape index (κ1) is 46.8. The molecule has 0 bridgehead atoms. The fourth-order valence-electron chi connectivity index (χ4n) is 7.11. The molecule has 3 aromatic carbocycles. The lowest BCUT2D eigenvalue weighted by Gasteiger charge is -2.41. The van der Waals surface area contributed by atoms with Crippen LogP contribution in [0, 0.1) is 0 Å². The van der Waals surface area contributed by atoms with Crippen molar-refractivity contribution in [3.8, 4) is 0 Å². The summed E-state index contributed by atoms with van der Waals surface area (Å²) in [6, 6.07) is 14.0. The first-order valence-corrected chi connectivity index (χ1v) is 23.1. The van der Waals surface area contributed by atoms with Gasteiger partial charge in [-0.05, 0) is 59.7 Å². The molecular weight excluding hydrogens is 917 g/mol. The second kappa shape index (κ2) is 18.7. The van der Waals surface area contributed by atoms with Crippen LogP contribution in [0.25, 0.3) is 0 Å². The molecule has 1 aromatic heterocycles. The number of carbonyl (C=O) groups is 2. The van der Waals surface area contributed by atoms with Crippen LogP contribution in [-0.4, -0.2) is 85.5 Å². The Balaban J connectivity index is 1.13. The van der Waals surface area contributed by atoms with E-state index < -0.39 is 71.1 Å². The Morgan fingerprint density at radius 3 is 1.77 bits per heavy atom. The molecule has 64 heavy (non-hydrogen) atoms. The Morgan fingerprint density at radius 1 is 0.781 bits per heavy atom. The minimum absolute atomic E-state index is 0.0548. The maximum atomic E-state index is 14.3. The van der Waals surface area contributed by atoms with Crippen LogP contribution >= 0.6 is 11.3 Å². The molecule has 0 radical (unpaired) electrons. The van der Waals surface area contributed by atoms with Crippen LogP contribution in [0.1, 0.15) is 40.1 Å². The summed E-state index contributed by atoms with van der Waals surface area (Å²) in [6.45, 7) is -0.892. The van der Waals surface area contributed by atoms with E-state index in [9.17, 15) is 52.8 Å². The van der Waals surface area contributed by atoms with Crippen LogP contribution in [0.3, 0.4) is 0 Å². The zero-order chi connectivity index (χ0) is 45.9. The van der Waals surface area contributed by atoms with Crippen molar-refractivity contribution in [1.82, 2.24) is 34.8 Å². The van der Waals surface area contributed by atoms with E-state index in [2.05, 4.69) is 21.3 Å². The minimum Gasteiger partial charge on any atom is -0.347 e. The average Bonchev–Trinajstić information content (AvgIpc) is 3.98. The first-order chi connectivity index (χ1) is 30.3. The summed E-state index contributed by atoms with van der Waals surface area (Å²) >= 11 is 1.25. The standard InChI is InChI=1S/C40H39F6N7O8S3/c41-39(42,43)29-7-3-9-33(21-29)63(56,57)52-16-11-31(12-17-52)49-60-36(37(55)48-23-35-47-15-20-62-35)38(26-54,51-24-27-5-1-2-6-28(27)25-51)61-50-32-13-18-53(19-14-32)64(58,59)34-10-4-8-30(22-34)40(44,45)46/h1-11,13,15,20-22,26,36,49-50H,12,14,16-19,23-25H2,(H,48,55). The average molecular weight is 956 g/mol. The lowest BCUT2D eigenvalue weighted by atomic mass is 10.1. The smallest absolute Gasteiger partial charge is 0.347 e. The van der Waals surface area contributed by atoms with Gasteiger partial charge in [-0.2, -0.15) is 35.0 Å². The van der Waals surface area contributed by atoms with Gasteiger partial charge in [0.2, 0.25) is 31.9 Å². The van der Waals surface area contributed by atoms with Crippen LogP contribution in [0.5, 0.6) is 0 Å². The number of sulfonamides is 2. The fourth-order valence-corrected chi connectivity index (χ4v) is 10.5. The van der Waals surface area contributed by atoms with E-state index in [1.54, 1.807) is 22.4 Å². The number of hydrogen-bond donors (Lipinski definition) is 3. The summed E-state index contributed by atoms with van der Waals surface area (Å²) in [6.07, 6.45) is -6.79. The normalized spacial score (nSPS) is 18.3. The summed E-state index contributed by atoms with van der Waals surface area (Å²) in [4.78, 5) is 44.8. The van der Waals surface area contributed by atoms with Crippen molar-refractivity contribution in [2.75, 3.05) is 26.2 Å². The number of rotatable bonds is 16. The van der Waals surface area contributed by atoms with Crippen molar-refractivity contribution in [2.45, 2.75) is 66.4 Å². The molecule has 0 fully saturated rings. The molecule has 1 amide bonds. The SMILES string of the molecule is O=CC(ONC1=CCN(S(=O)(=O)c2cccc(C(F)(F)F)c2)CC1)(C(ONC1=CCN(S(=O)(=O)c2cccc(C(F)(F)F)c2)CC1)C(=O)NCc1nccs1)N1Cc2ccccc2C1. The summed E-state index contributed by atoms with van der Waals surface area (Å²) in [5.74, 6) is -0.853. The zero-order valence-electron chi connectivity index (χ0n) is 33.3. The molecule has 3 aliphatic heterocycles. The number of halogens is 6.